The Kier molecular flexibility index (Phi) is 7.76. The zero-order chi connectivity index (χ0) is 12.6. The largest absolute Gasteiger partial charge is 0.411 e. The van der Waals surface area contributed by atoms with Gasteiger partial charge in [-0.1, -0.05) is 26.7 Å². The van der Waals surface area contributed by atoms with Gasteiger partial charge in [0.25, 0.3) is 0 Å². The molecule has 1 unspecified atom stereocenters. The van der Waals surface area contributed by atoms with Crippen LogP contribution in [0.5, 0.6) is 0 Å². The van der Waals surface area contributed by atoms with Gasteiger partial charge in [-0.15, -0.1) is 0 Å². The van der Waals surface area contributed by atoms with E-state index in [2.05, 4.69) is 23.9 Å². The van der Waals surface area contributed by atoms with E-state index in [1.807, 2.05) is 0 Å². The highest BCUT2D eigenvalue weighted by atomic mass is 19.4. The standard InChI is InChI=1S/C11H22F3NO/c1-9(2)5-4-6-10(15-3)7-16-8-11(12,13)14/h9-10,15H,4-8H2,1-3H3. The van der Waals surface area contributed by atoms with E-state index >= 15 is 0 Å². The smallest absolute Gasteiger partial charge is 0.370 e. The van der Waals surface area contributed by atoms with Crippen LogP contribution in [0.2, 0.25) is 0 Å². The van der Waals surface area contributed by atoms with Crippen LogP contribution in [-0.4, -0.2) is 32.5 Å². The van der Waals surface area contributed by atoms with E-state index in [1.54, 1.807) is 7.05 Å². The summed E-state index contributed by atoms with van der Waals surface area (Å²) in [6.07, 6.45) is -1.27. The summed E-state index contributed by atoms with van der Waals surface area (Å²) >= 11 is 0. The zero-order valence-electron chi connectivity index (χ0n) is 10.2. The average molecular weight is 241 g/mol. The maximum Gasteiger partial charge on any atom is 0.411 e. The molecule has 0 aromatic heterocycles. The first-order chi connectivity index (χ1) is 7.35. The summed E-state index contributed by atoms with van der Waals surface area (Å²) in [5, 5.41) is 2.97. The number of hydrogen-bond donors (Lipinski definition) is 1. The lowest BCUT2D eigenvalue weighted by molar-refractivity contribution is -0.175. The Morgan fingerprint density at radius 1 is 1.19 bits per heavy atom. The molecule has 0 spiro atoms. The lowest BCUT2D eigenvalue weighted by Gasteiger charge is -2.17. The molecule has 0 heterocycles. The highest BCUT2D eigenvalue weighted by molar-refractivity contribution is 4.64. The van der Waals surface area contributed by atoms with Crippen LogP contribution in [0.25, 0.3) is 0 Å². The van der Waals surface area contributed by atoms with Gasteiger partial charge >= 0.3 is 6.18 Å². The topological polar surface area (TPSA) is 21.3 Å². The van der Waals surface area contributed by atoms with Crippen molar-refractivity contribution < 1.29 is 17.9 Å². The molecule has 0 rings (SSSR count). The Balaban J connectivity index is 3.59. The second kappa shape index (κ2) is 7.90. The molecular formula is C11H22F3NO. The Labute approximate surface area is 95.5 Å². The number of hydrogen-bond acceptors (Lipinski definition) is 2. The molecule has 0 amide bonds. The lowest BCUT2D eigenvalue weighted by atomic mass is 10.0. The number of nitrogens with one attached hydrogen (secondary N) is 1. The lowest BCUT2D eigenvalue weighted by Crippen LogP contribution is -2.32. The van der Waals surface area contributed by atoms with Crippen molar-refractivity contribution in [2.24, 2.45) is 5.92 Å². The van der Waals surface area contributed by atoms with Gasteiger partial charge in [0.2, 0.25) is 0 Å². The van der Waals surface area contributed by atoms with Gasteiger partial charge in [-0.2, -0.15) is 13.2 Å². The van der Waals surface area contributed by atoms with Crippen molar-refractivity contribution in [3.05, 3.63) is 0 Å². The van der Waals surface area contributed by atoms with E-state index in [9.17, 15) is 13.2 Å². The highest BCUT2D eigenvalue weighted by Gasteiger charge is 2.27. The van der Waals surface area contributed by atoms with Crippen LogP contribution in [0, 0.1) is 5.92 Å². The van der Waals surface area contributed by atoms with Crippen molar-refractivity contribution in [3.63, 3.8) is 0 Å². The number of rotatable bonds is 8. The SMILES string of the molecule is CNC(CCCC(C)C)COCC(F)(F)F. The molecule has 0 radical (unpaired) electrons. The Hall–Kier alpha value is -0.290. The van der Waals surface area contributed by atoms with Crippen LogP contribution in [0.4, 0.5) is 13.2 Å². The van der Waals surface area contributed by atoms with Crippen LogP contribution >= 0.6 is 0 Å². The summed E-state index contributed by atoms with van der Waals surface area (Å²) in [5.41, 5.74) is 0. The first-order valence-electron chi connectivity index (χ1n) is 5.67. The molecule has 0 aliphatic rings. The molecule has 16 heavy (non-hydrogen) atoms. The molecular weight excluding hydrogens is 219 g/mol. The van der Waals surface area contributed by atoms with E-state index in [-0.39, 0.29) is 12.6 Å². The summed E-state index contributed by atoms with van der Waals surface area (Å²) in [4.78, 5) is 0. The van der Waals surface area contributed by atoms with Gasteiger partial charge in [-0.05, 0) is 19.4 Å². The Morgan fingerprint density at radius 3 is 2.25 bits per heavy atom. The van der Waals surface area contributed by atoms with Gasteiger partial charge in [0.05, 0.1) is 6.61 Å². The molecule has 0 saturated carbocycles. The molecule has 0 aromatic carbocycles. The normalized spacial score (nSPS) is 14.4. The van der Waals surface area contributed by atoms with Crippen molar-refractivity contribution in [1.29, 1.82) is 0 Å². The van der Waals surface area contributed by atoms with Gasteiger partial charge in [-0.25, -0.2) is 0 Å². The van der Waals surface area contributed by atoms with Crippen molar-refractivity contribution >= 4 is 0 Å². The van der Waals surface area contributed by atoms with Crippen molar-refractivity contribution in [2.75, 3.05) is 20.3 Å². The van der Waals surface area contributed by atoms with E-state index in [0.29, 0.717) is 5.92 Å². The fraction of sp³-hybridized carbons (Fsp3) is 1.00. The fourth-order valence-corrected chi connectivity index (χ4v) is 1.40. The third kappa shape index (κ3) is 10.2. The quantitative estimate of drug-likeness (QED) is 0.705. The van der Waals surface area contributed by atoms with Gasteiger partial charge in [-0.3, -0.25) is 0 Å². The van der Waals surface area contributed by atoms with Gasteiger partial charge in [0, 0.05) is 6.04 Å². The molecule has 1 N–H and O–H groups in total. The summed E-state index contributed by atoms with van der Waals surface area (Å²) in [7, 11) is 1.75. The van der Waals surface area contributed by atoms with E-state index in [1.165, 1.54) is 0 Å². The minimum Gasteiger partial charge on any atom is -0.370 e. The van der Waals surface area contributed by atoms with Gasteiger partial charge in [0.15, 0.2) is 0 Å². The van der Waals surface area contributed by atoms with E-state index in [4.69, 9.17) is 0 Å². The van der Waals surface area contributed by atoms with Crippen molar-refractivity contribution in [2.45, 2.75) is 45.3 Å². The molecule has 0 fully saturated rings. The summed E-state index contributed by atoms with van der Waals surface area (Å²) in [6, 6.07) is 0.0149. The highest BCUT2D eigenvalue weighted by Crippen LogP contribution is 2.15. The third-order valence-corrected chi connectivity index (χ3v) is 2.33. The number of alkyl halides is 3. The predicted octanol–water partition coefficient (Wildman–Crippen LogP) is 2.98. The van der Waals surface area contributed by atoms with Crippen molar-refractivity contribution in [1.82, 2.24) is 5.32 Å². The second-order valence-corrected chi connectivity index (χ2v) is 4.44. The molecule has 0 aliphatic heterocycles. The van der Waals surface area contributed by atoms with Crippen molar-refractivity contribution in [3.8, 4) is 0 Å². The second-order valence-electron chi connectivity index (χ2n) is 4.44. The van der Waals surface area contributed by atoms with Crippen LogP contribution < -0.4 is 5.32 Å². The van der Waals surface area contributed by atoms with Gasteiger partial charge in [0.1, 0.15) is 6.61 Å². The molecule has 0 aliphatic carbocycles. The number of likely N-dealkylation sites (N-methyl/N-ethyl adjacent to an activating group) is 1. The van der Waals surface area contributed by atoms with Crippen LogP contribution in [-0.2, 0) is 4.74 Å². The first kappa shape index (κ1) is 15.7. The predicted molar refractivity (Wildman–Crippen MR) is 58.4 cm³/mol. The number of halogens is 3. The van der Waals surface area contributed by atoms with Crippen LogP contribution in [0.15, 0.2) is 0 Å². The maximum absolute atomic E-state index is 11.8. The Morgan fingerprint density at radius 2 is 1.81 bits per heavy atom. The first-order valence-corrected chi connectivity index (χ1v) is 5.67. The molecule has 2 nitrogen and oxygen atoms in total. The summed E-state index contributed by atoms with van der Waals surface area (Å²) in [6.45, 7) is 3.23. The van der Waals surface area contributed by atoms with E-state index in [0.717, 1.165) is 19.3 Å². The maximum atomic E-state index is 11.8. The molecule has 0 aromatic rings. The van der Waals surface area contributed by atoms with Crippen LogP contribution in [0.1, 0.15) is 33.1 Å². The minimum atomic E-state index is -4.23. The van der Waals surface area contributed by atoms with Gasteiger partial charge < -0.3 is 10.1 Å². The summed E-state index contributed by atoms with van der Waals surface area (Å²) in [5.74, 6) is 0.633. The molecule has 1 atom stereocenters. The molecule has 0 bridgehead atoms. The Bertz CT molecular complexity index is 171. The summed E-state index contributed by atoms with van der Waals surface area (Å²) < 4.78 is 40.1. The molecule has 5 heteroatoms. The zero-order valence-corrected chi connectivity index (χ0v) is 10.2. The van der Waals surface area contributed by atoms with Crippen LogP contribution in [0.3, 0.4) is 0 Å². The third-order valence-electron chi connectivity index (χ3n) is 2.33. The van der Waals surface area contributed by atoms with E-state index < -0.39 is 12.8 Å². The molecule has 98 valence electrons. The minimum absolute atomic E-state index is 0.0149. The fourth-order valence-electron chi connectivity index (χ4n) is 1.40. The monoisotopic (exact) mass is 241 g/mol. The average Bonchev–Trinajstić information content (AvgIpc) is 2.13. The number of ether oxygens (including phenoxy) is 1. The molecule has 0 saturated heterocycles.